The first-order valence-corrected chi connectivity index (χ1v) is 9.68. The minimum atomic E-state index is -0.458. The Morgan fingerprint density at radius 1 is 1.00 bits per heavy atom. The lowest BCUT2D eigenvalue weighted by atomic mass is 9.81. The largest absolute Gasteiger partial charge is 0.487 e. The molecule has 27 heavy (non-hydrogen) atoms. The molecule has 152 valence electrons. The Balaban J connectivity index is 3.21. The molecule has 0 spiro atoms. The molecular weight excluding hydrogens is 338 g/mol. The summed E-state index contributed by atoms with van der Waals surface area (Å²) in [6.07, 6.45) is 0.176. The fraction of sp³-hybridized carbons (Fsp3) is 0.652. The van der Waals surface area contributed by atoms with E-state index in [1.807, 2.05) is 66.7 Å². The van der Waals surface area contributed by atoms with Crippen molar-refractivity contribution in [1.29, 1.82) is 0 Å². The number of carbonyl (C=O) groups is 2. The molecule has 0 radical (unpaired) electrons. The minimum Gasteiger partial charge on any atom is -0.487 e. The molecule has 0 bridgehead atoms. The molecule has 0 amide bonds. The van der Waals surface area contributed by atoms with Crippen molar-refractivity contribution in [2.24, 2.45) is 11.3 Å². The molecular formula is C23H37NO3. The molecule has 0 aliphatic carbocycles. The topological polar surface area (TPSA) is 55.4 Å². The van der Waals surface area contributed by atoms with Gasteiger partial charge in [-0.1, -0.05) is 27.7 Å². The van der Waals surface area contributed by atoms with Crippen LogP contribution in [0.25, 0.3) is 0 Å². The van der Waals surface area contributed by atoms with E-state index in [-0.39, 0.29) is 29.4 Å². The van der Waals surface area contributed by atoms with Crippen molar-refractivity contribution in [1.82, 2.24) is 0 Å². The highest BCUT2D eigenvalue weighted by molar-refractivity contribution is 6.02. The van der Waals surface area contributed by atoms with Crippen LogP contribution in [0.15, 0.2) is 18.2 Å². The van der Waals surface area contributed by atoms with Gasteiger partial charge in [0.2, 0.25) is 0 Å². The van der Waals surface area contributed by atoms with Crippen molar-refractivity contribution in [3.8, 4) is 5.75 Å². The monoisotopic (exact) mass is 375 g/mol. The Bertz CT molecular complexity index is 685. The second-order valence-electron chi connectivity index (χ2n) is 10.4. The number of ketones is 2. The Labute approximate surface area is 165 Å². The van der Waals surface area contributed by atoms with Gasteiger partial charge in [-0.15, -0.1) is 0 Å². The Hall–Kier alpha value is -1.84. The number of hydrogen-bond acceptors (Lipinski definition) is 4. The fourth-order valence-electron chi connectivity index (χ4n) is 2.90. The zero-order valence-electron chi connectivity index (χ0n) is 18.7. The summed E-state index contributed by atoms with van der Waals surface area (Å²) in [7, 11) is 0. The van der Waals surface area contributed by atoms with E-state index in [0.29, 0.717) is 11.3 Å². The van der Waals surface area contributed by atoms with Gasteiger partial charge in [-0.25, -0.2) is 0 Å². The molecule has 0 fully saturated rings. The number of anilines is 1. The van der Waals surface area contributed by atoms with Crippen LogP contribution in [-0.4, -0.2) is 22.7 Å². The van der Waals surface area contributed by atoms with Gasteiger partial charge < -0.3 is 10.1 Å². The number of rotatable bonds is 6. The number of ether oxygens (including phenoxy) is 1. The average Bonchev–Trinajstić information content (AvgIpc) is 2.43. The predicted molar refractivity (Wildman–Crippen MR) is 113 cm³/mol. The van der Waals surface area contributed by atoms with E-state index in [2.05, 4.69) is 26.1 Å². The fourth-order valence-corrected chi connectivity index (χ4v) is 2.90. The summed E-state index contributed by atoms with van der Waals surface area (Å²) >= 11 is 0. The first kappa shape index (κ1) is 23.2. The second kappa shape index (κ2) is 8.04. The van der Waals surface area contributed by atoms with Crippen molar-refractivity contribution < 1.29 is 14.3 Å². The maximum Gasteiger partial charge on any atom is 0.167 e. The normalized spacial score (nSPS) is 13.9. The van der Waals surface area contributed by atoms with Gasteiger partial charge in [0.1, 0.15) is 17.1 Å². The smallest absolute Gasteiger partial charge is 0.167 e. The lowest BCUT2D eigenvalue weighted by molar-refractivity contribution is -0.129. The van der Waals surface area contributed by atoms with E-state index in [9.17, 15) is 9.59 Å². The first-order chi connectivity index (χ1) is 12.0. The van der Waals surface area contributed by atoms with Gasteiger partial charge in [0.25, 0.3) is 0 Å². The van der Waals surface area contributed by atoms with Crippen LogP contribution in [-0.2, 0) is 4.79 Å². The van der Waals surface area contributed by atoms with Crippen molar-refractivity contribution in [3.63, 3.8) is 0 Å². The highest BCUT2D eigenvalue weighted by Crippen LogP contribution is 2.31. The summed E-state index contributed by atoms with van der Waals surface area (Å²) in [6, 6.07) is 5.60. The molecule has 1 aromatic carbocycles. The Morgan fingerprint density at radius 3 is 2.00 bits per heavy atom. The summed E-state index contributed by atoms with van der Waals surface area (Å²) < 4.78 is 6.01. The minimum absolute atomic E-state index is 0.0723. The summed E-state index contributed by atoms with van der Waals surface area (Å²) in [5.74, 6) is 0.247. The quantitative estimate of drug-likeness (QED) is 0.629. The summed E-state index contributed by atoms with van der Waals surface area (Å²) in [6.45, 7) is 19.5. The van der Waals surface area contributed by atoms with Crippen LogP contribution < -0.4 is 10.1 Å². The molecule has 1 N–H and O–H groups in total. The Morgan fingerprint density at radius 2 is 1.56 bits per heavy atom. The van der Waals surface area contributed by atoms with Gasteiger partial charge in [-0.3, -0.25) is 9.59 Å². The molecule has 0 heterocycles. The summed E-state index contributed by atoms with van der Waals surface area (Å²) in [5, 5.41) is 3.39. The van der Waals surface area contributed by atoms with E-state index >= 15 is 0 Å². The van der Waals surface area contributed by atoms with Crippen LogP contribution in [0.2, 0.25) is 0 Å². The van der Waals surface area contributed by atoms with Crippen LogP contribution in [0.1, 0.15) is 86.0 Å². The third-order valence-corrected chi connectivity index (χ3v) is 3.89. The number of carbonyl (C=O) groups excluding carboxylic acids is 2. The third kappa shape index (κ3) is 7.74. The SMILES string of the molecule is CC(CC(=O)c1cc(NC(C)(C)C)ccc1OC(C)(C)C)C(=O)C(C)(C)C. The van der Waals surface area contributed by atoms with E-state index in [1.54, 1.807) is 0 Å². The molecule has 0 aliphatic heterocycles. The van der Waals surface area contributed by atoms with Crippen LogP contribution >= 0.6 is 0 Å². The highest BCUT2D eigenvalue weighted by Gasteiger charge is 2.29. The van der Waals surface area contributed by atoms with E-state index in [1.165, 1.54) is 0 Å². The van der Waals surface area contributed by atoms with Crippen LogP contribution in [0, 0.1) is 11.3 Å². The van der Waals surface area contributed by atoms with Gasteiger partial charge in [-0.05, 0) is 59.7 Å². The van der Waals surface area contributed by atoms with Crippen LogP contribution in [0.3, 0.4) is 0 Å². The van der Waals surface area contributed by atoms with Gasteiger partial charge >= 0.3 is 0 Å². The zero-order chi connectivity index (χ0) is 21.2. The number of Topliss-reactive ketones (excluding diaryl/α,β-unsaturated/α-hetero) is 2. The molecule has 0 aliphatic rings. The van der Waals surface area contributed by atoms with Gasteiger partial charge in [0.05, 0.1) is 5.56 Å². The molecule has 1 rings (SSSR count). The van der Waals surface area contributed by atoms with Crippen molar-refractivity contribution in [3.05, 3.63) is 23.8 Å². The molecule has 0 saturated heterocycles. The van der Waals surface area contributed by atoms with Crippen molar-refractivity contribution in [2.45, 2.75) is 86.8 Å². The van der Waals surface area contributed by atoms with E-state index in [4.69, 9.17) is 4.74 Å². The maximum absolute atomic E-state index is 13.1. The number of nitrogens with one attached hydrogen (secondary N) is 1. The predicted octanol–water partition coefficient (Wildman–Crippen LogP) is 5.90. The van der Waals surface area contributed by atoms with E-state index < -0.39 is 11.0 Å². The highest BCUT2D eigenvalue weighted by atomic mass is 16.5. The molecule has 4 nitrogen and oxygen atoms in total. The molecule has 1 atom stereocenters. The molecule has 0 aromatic heterocycles. The van der Waals surface area contributed by atoms with Gasteiger partial charge in [0, 0.05) is 29.0 Å². The lowest BCUT2D eigenvalue weighted by Gasteiger charge is -2.26. The zero-order valence-corrected chi connectivity index (χ0v) is 18.7. The summed E-state index contributed by atoms with van der Waals surface area (Å²) in [4.78, 5) is 25.6. The standard InChI is InChI=1S/C23H37NO3/c1-15(20(26)21(2,3)4)13-18(25)17-14-16(24-22(5,6)7)11-12-19(17)27-23(8,9)10/h11-12,14-15,24H,13H2,1-10H3. The third-order valence-electron chi connectivity index (χ3n) is 3.89. The molecule has 1 aromatic rings. The number of hydrogen-bond donors (Lipinski definition) is 1. The molecule has 0 saturated carbocycles. The Kier molecular flexibility index (Phi) is 6.90. The first-order valence-electron chi connectivity index (χ1n) is 9.68. The van der Waals surface area contributed by atoms with Crippen molar-refractivity contribution in [2.75, 3.05) is 5.32 Å². The number of benzene rings is 1. The second-order valence-corrected chi connectivity index (χ2v) is 10.4. The van der Waals surface area contributed by atoms with Gasteiger partial charge in [-0.2, -0.15) is 0 Å². The lowest BCUT2D eigenvalue weighted by Crippen LogP contribution is -2.29. The maximum atomic E-state index is 13.1. The van der Waals surface area contributed by atoms with Crippen molar-refractivity contribution >= 4 is 17.3 Å². The summed E-state index contributed by atoms with van der Waals surface area (Å²) in [5.41, 5.74) is 0.387. The average molecular weight is 376 g/mol. The molecule has 4 heteroatoms. The van der Waals surface area contributed by atoms with E-state index in [0.717, 1.165) is 5.69 Å². The van der Waals surface area contributed by atoms with Gasteiger partial charge in [0.15, 0.2) is 5.78 Å². The molecule has 1 unspecified atom stereocenters. The van der Waals surface area contributed by atoms with Crippen LogP contribution in [0.4, 0.5) is 5.69 Å². The van der Waals surface area contributed by atoms with Crippen LogP contribution in [0.5, 0.6) is 5.75 Å².